The maximum Gasteiger partial charge on any atom is 0.127 e. The normalized spacial score (nSPS) is 49.0. The van der Waals surface area contributed by atoms with E-state index < -0.39 is 0 Å². The molecule has 0 aromatic carbocycles. The fourth-order valence-corrected chi connectivity index (χ4v) is 5.75. The smallest absolute Gasteiger partial charge is 0.127 e. The third-order valence-corrected chi connectivity index (χ3v) is 6.73. The summed E-state index contributed by atoms with van der Waals surface area (Å²) in [6, 6.07) is 2.13. The Balaban J connectivity index is 1.32. The molecule has 4 aliphatic rings. The molecule has 3 aliphatic carbocycles. The third-order valence-electron chi connectivity index (χ3n) is 6.73. The van der Waals surface area contributed by atoms with E-state index in [4.69, 9.17) is 0 Å². The molecule has 4 fully saturated rings. The number of hydrogen-bond acceptors (Lipinski definition) is 0. The predicted octanol–water partition coefficient (Wildman–Crippen LogP) is -0.0990. The number of fused-ring (bicyclic) bond motifs is 2. The van der Waals surface area contributed by atoms with Gasteiger partial charge in [-0.3, -0.25) is 0 Å². The average Bonchev–Trinajstić information content (AvgIpc) is 3.16. The predicted molar refractivity (Wildman–Crippen MR) is 72.9 cm³/mol. The van der Waals surface area contributed by atoms with Crippen molar-refractivity contribution >= 4 is 0 Å². The van der Waals surface area contributed by atoms with Crippen LogP contribution >= 0.6 is 0 Å². The Bertz CT molecular complexity index is 289. The lowest BCUT2D eigenvalue weighted by atomic mass is 9.93. The molecule has 2 heteroatoms. The van der Waals surface area contributed by atoms with E-state index in [1.165, 1.54) is 51.9 Å². The van der Waals surface area contributed by atoms with Crippen molar-refractivity contribution in [3.8, 4) is 0 Å². The number of rotatable bonds is 2. The van der Waals surface area contributed by atoms with E-state index >= 15 is 0 Å². The molecule has 102 valence electrons. The first-order chi connectivity index (χ1) is 8.90. The maximum atomic E-state index is 2.00. The third kappa shape index (κ3) is 2.02. The first kappa shape index (κ1) is 11.7. The van der Waals surface area contributed by atoms with Crippen LogP contribution in [0.1, 0.15) is 51.4 Å². The summed E-state index contributed by atoms with van der Waals surface area (Å²) in [7, 11) is 0. The van der Waals surface area contributed by atoms with E-state index in [9.17, 15) is 0 Å². The fraction of sp³-hybridized carbons (Fsp3) is 1.00. The lowest BCUT2D eigenvalue weighted by Gasteiger charge is -2.38. The molecule has 0 radical (unpaired) electrons. The maximum absolute atomic E-state index is 2.00. The van der Waals surface area contributed by atoms with Crippen LogP contribution in [0.4, 0.5) is 0 Å². The molecule has 18 heavy (non-hydrogen) atoms. The highest BCUT2D eigenvalue weighted by Gasteiger charge is 2.46. The summed E-state index contributed by atoms with van der Waals surface area (Å²) in [6.45, 7) is 5.93. The van der Waals surface area contributed by atoms with E-state index in [1.807, 2.05) is 9.80 Å². The molecule has 2 bridgehead atoms. The Kier molecular flexibility index (Phi) is 3.12. The molecule has 2 nitrogen and oxygen atoms in total. The lowest BCUT2D eigenvalue weighted by Crippen LogP contribution is -3.31. The molecule has 1 saturated heterocycles. The number of quaternary nitrogens is 2. The van der Waals surface area contributed by atoms with Gasteiger partial charge in [0.2, 0.25) is 0 Å². The second-order valence-electron chi connectivity index (χ2n) is 7.58. The van der Waals surface area contributed by atoms with Gasteiger partial charge in [0.1, 0.15) is 26.2 Å². The Morgan fingerprint density at radius 1 is 0.667 bits per heavy atom. The SMILES string of the molecule is C1CCC([NH+]2CC[NH+]([C@H]3C[C@H]4CC[C@H]3C4)CC2)C1. The van der Waals surface area contributed by atoms with Gasteiger partial charge < -0.3 is 9.80 Å². The number of nitrogens with one attached hydrogen (secondary N) is 2. The fourth-order valence-electron chi connectivity index (χ4n) is 5.75. The Morgan fingerprint density at radius 2 is 1.39 bits per heavy atom. The highest BCUT2D eigenvalue weighted by molar-refractivity contribution is 4.90. The second kappa shape index (κ2) is 4.79. The summed E-state index contributed by atoms with van der Waals surface area (Å²) in [5, 5.41) is 0. The van der Waals surface area contributed by atoms with Crippen LogP contribution in [0.5, 0.6) is 0 Å². The quantitative estimate of drug-likeness (QED) is 0.677. The zero-order chi connectivity index (χ0) is 11.9. The van der Waals surface area contributed by atoms with Crippen LogP contribution < -0.4 is 9.80 Å². The van der Waals surface area contributed by atoms with Gasteiger partial charge in [-0.15, -0.1) is 0 Å². The summed E-state index contributed by atoms with van der Waals surface area (Å²) < 4.78 is 0. The first-order valence-corrected chi connectivity index (χ1v) is 8.59. The molecule has 4 rings (SSSR count). The Hall–Kier alpha value is -0.0800. The molecule has 3 saturated carbocycles. The zero-order valence-electron chi connectivity index (χ0n) is 11.8. The highest BCUT2D eigenvalue weighted by atomic mass is 15.3. The van der Waals surface area contributed by atoms with Gasteiger partial charge in [-0.2, -0.15) is 0 Å². The lowest BCUT2D eigenvalue weighted by molar-refractivity contribution is -1.03. The van der Waals surface area contributed by atoms with E-state index in [-0.39, 0.29) is 0 Å². The van der Waals surface area contributed by atoms with Gasteiger partial charge in [0, 0.05) is 12.3 Å². The molecular formula is C16H30N2+2. The van der Waals surface area contributed by atoms with Crippen molar-refractivity contribution in [3.05, 3.63) is 0 Å². The standard InChI is InChI=1S/C16H28N2/c1-2-4-15(3-1)17-7-9-18(10-8-17)16-12-13-5-6-14(16)11-13/h13-16H,1-12H2/p+2/t13-,14-,16-/m0/s1. The molecule has 1 heterocycles. The Labute approximate surface area is 112 Å². The second-order valence-corrected chi connectivity index (χ2v) is 7.58. The van der Waals surface area contributed by atoms with Gasteiger partial charge in [0.05, 0.1) is 12.1 Å². The summed E-state index contributed by atoms with van der Waals surface area (Å²) in [5.41, 5.74) is 0. The molecule has 3 atom stereocenters. The summed E-state index contributed by atoms with van der Waals surface area (Å²) in [4.78, 5) is 3.98. The van der Waals surface area contributed by atoms with Crippen molar-refractivity contribution in [2.45, 2.75) is 63.5 Å². The minimum Gasteiger partial charge on any atom is -0.323 e. The van der Waals surface area contributed by atoms with Crippen LogP contribution in [-0.4, -0.2) is 38.3 Å². The van der Waals surface area contributed by atoms with Crippen LogP contribution in [0, 0.1) is 11.8 Å². The van der Waals surface area contributed by atoms with Gasteiger partial charge >= 0.3 is 0 Å². The first-order valence-electron chi connectivity index (χ1n) is 8.59. The van der Waals surface area contributed by atoms with Crippen molar-refractivity contribution in [3.63, 3.8) is 0 Å². The van der Waals surface area contributed by atoms with Crippen molar-refractivity contribution in [2.24, 2.45) is 11.8 Å². The van der Waals surface area contributed by atoms with Crippen LogP contribution in [0.15, 0.2) is 0 Å². The molecule has 0 unspecified atom stereocenters. The van der Waals surface area contributed by atoms with E-state index in [0.29, 0.717) is 0 Å². The monoisotopic (exact) mass is 250 g/mol. The molecule has 0 spiro atoms. The Morgan fingerprint density at radius 3 is 2.00 bits per heavy atom. The molecule has 0 amide bonds. The minimum absolute atomic E-state index is 1.05. The number of piperazine rings is 1. The van der Waals surface area contributed by atoms with Gasteiger partial charge in [-0.25, -0.2) is 0 Å². The van der Waals surface area contributed by atoms with Gasteiger partial charge in [-0.1, -0.05) is 0 Å². The van der Waals surface area contributed by atoms with Crippen molar-refractivity contribution in [1.82, 2.24) is 0 Å². The topological polar surface area (TPSA) is 8.88 Å². The molecule has 0 aromatic rings. The highest BCUT2D eigenvalue weighted by Crippen LogP contribution is 2.43. The largest absolute Gasteiger partial charge is 0.323 e. The van der Waals surface area contributed by atoms with Gasteiger partial charge in [0.15, 0.2) is 0 Å². The van der Waals surface area contributed by atoms with Crippen LogP contribution in [0.2, 0.25) is 0 Å². The van der Waals surface area contributed by atoms with E-state index in [2.05, 4.69) is 0 Å². The van der Waals surface area contributed by atoms with Crippen molar-refractivity contribution in [1.29, 1.82) is 0 Å². The van der Waals surface area contributed by atoms with Crippen molar-refractivity contribution < 1.29 is 9.80 Å². The van der Waals surface area contributed by atoms with E-state index in [1.54, 1.807) is 25.7 Å². The minimum atomic E-state index is 1.05. The molecular weight excluding hydrogens is 220 g/mol. The molecule has 2 N–H and O–H groups in total. The zero-order valence-corrected chi connectivity index (χ0v) is 11.8. The summed E-state index contributed by atoms with van der Waals surface area (Å²) in [5.74, 6) is 2.26. The van der Waals surface area contributed by atoms with Crippen molar-refractivity contribution in [2.75, 3.05) is 26.2 Å². The summed E-state index contributed by atoms with van der Waals surface area (Å²) in [6.07, 6.45) is 12.4. The van der Waals surface area contributed by atoms with Crippen LogP contribution in [0.25, 0.3) is 0 Å². The molecule has 0 aromatic heterocycles. The van der Waals surface area contributed by atoms with Gasteiger partial charge in [-0.05, 0) is 50.9 Å². The van der Waals surface area contributed by atoms with E-state index in [0.717, 1.165) is 23.9 Å². The van der Waals surface area contributed by atoms with Gasteiger partial charge in [0.25, 0.3) is 0 Å². The summed E-state index contributed by atoms with van der Waals surface area (Å²) >= 11 is 0. The van der Waals surface area contributed by atoms with Crippen LogP contribution in [-0.2, 0) is 0 Å². The van der Waals surface area contributed by atoms with Crippen LogP contribution in [0.3, 0.4) is 0 Å². The average molecular weight is 250 g/mol. The molecule has 1 aliphatic heterocycles. The number of hydrogen-bond donors (Lipinski definition) is 2.